The van der Waals surface area contributed by atoms with E-state index in [1.807, 2.05) is 42.6 Å². The Bertz CT molecular complexity index is 978. The van der Waals surface area contributed by atoms with Gasteiger partial charge in [-0.15, -0.1) is 0 Å². The summed E-state index contributed by atoms with van der Waals surface area (Å²) in [6.07, 6.45) is 3.69. The summed E-state index contributed by atoms with van der Waals surface area (Å²) in [5.74, 6) is 0.765. The van der Waals surface area contributed by atoms with Crippen LogP contribution in [0.4, 0.5) is 5.82 Å². The topological polar surface area (TPSA) is 67.3 Å². The lowest BCUT2D eigenvalue weighted by Gasteiger charge is -2.28. The Morgan fingerprint density at radius 3 is 2.19 bits per heavy atom. The normalized spacial score (nSPS) is 10.9. The number of rotatable bonds is 11. The van der Waals surface area contributed by atoms with Crippen molar-refractivity contribution in [2.45, 2.75) is 32.7 Å². The number of hydrogen-bond donors (Lipinski definition) is 1. The summed E-state index contributed by atoms with van der Waals surface area (Å²) < 4.78 is 5.42. The molecule has 0 bridgehead atoms. The van der Waals surface area contributed by atoms with Crippen molar-refractivity contribution in [2.24, 2.45) is 0 Å². The lowest BCUT2D eigenvalue weighted by molar-refractivity contribution is -0.125. The molecular formula is C26H32N4O2. The van der Waals surface area contributed by atoms with Gasteiger partial charge in [-0.2, -0.15) is 0 Å². The molecule has 0 saturated carbocycles. The van der Waals surface area contributed by atoms with Gasteiger partial charge < -0.3 is 15.0 Å². The van der Waals surface area contributed by atoms with Crippen molar-refractivity contribution in [3.63, 3.8) is 0 Å². The summed E-state index contributed by atoms with van der Waals surface area (Å²) in [6, 6.07) is 20.7. The van der Waals surface area contributed by atoms with Gasteiger partial charge in [-0.3, -0.25) is 9.78 Å². The van der Waals surface area contributed by atoms with Crippen molar-refractivity contribution in [3.05, 3.63) is 66.9 Å². The van der Waals surface area contributed by atoms with Crippen LogP contribution in [0.3, 0.4) is 0 Å². The largest absolute Gasteiger partial charge is 0.372 e. The molecule has 0 saturated heterocycles. The maximum atomic E-state index is 11.2. The maximum Gasteiger partial charge on any atom is 0.245 e. The maximum absolute atomic E-state index is 11.2. The summed E-state index contributed by atoms with van der Waals surface area (Å²) >= 11 is 0. The number of aromatic nitrogens is 2. The average Bonchev–Trinajstić information content (AvgIpc) is 2.84. The highest BCUT2D eigenvalue weighted by molar-refractivity contribution is 5.78. The van der Waals surface area contributed by atoms with Crippen LogP contribution in [0.25, 0.3) is 22.5 Å². The summed E-state index contributed by atoms with van der Waals surface area (Å²) in [5.41, 5.74) is 3.86. The second kappa shape index (κ2) is 12.0. The van der Waals surface area contributed by atoms with Gasteiger partial charge >= 0.3 is 0 Å². The molecule has 1 heterocycles. The third-order valence-electron chi connectivity index (χ3n) is 5.22. The van der Waals surface area contributed by atoms with E-state index >= 15 is 0 Å². The molecule has 0 unspecified atom stereocenters. The summed E-state index contributed by atoms with van der Waals surface area (Å²) in [7, 11) is 1.61. The third kappa shape index (κ3) is 6.37. The van der Waals surface area contributed by atoms with Gasteiger partial charge in [0.2, 0.25) is 5.91 Å². The van der Waals surface area contributed by atoms with Crippen LogP contribution in [0.5, 0.6) is 0 Å². The van der Waals surface area contributed by atoms with Crippen molar-refractivity contribution in [3.8, 4) is 22.5 Å². The second-order valence-corrected chi connectivity index (χ2v) is 7.88. The Hall–Kier alpha value is -3.25. The minimum absolute atomic E-state index is 0.101. The number of carbonyl (C=O) groups is 1. The highest BCUT2D eigenvalue weighted by atomic mass is 16.5. The van der Waals surface area contributed by atoms with Crippen LogP contribution in [0.1, 0.15) is 26.7 Å². The Balaban J connectivity index is 1.78. The third-order valence-corrected chi connectivity index (χ3v) is 5.22. The number of likely N-dealkylation sites (N-methyl/N-ethyl adjacent to an activating group) is 1. The number of hydrogen-bond acceptors (Lipinski definition) is 5. The summed E-state index contributed by atoms with van der Waals surface area (Å²) in [4.78, 5) is 23.4. The zero-order chi connectivity index (χ0) is 22.8. The zero-order valence-corrected chi connectivity index (χ0v) is 19.1. The number of amides is 1. The van der Waals surface area contributed by atoms with E-state index in [-0.39, 0.29) is 18.6 Å². The molecule has 0 radical (unpaired) electrons. The van der Waals surface area contributed by atoms with E-state index in [0.717, 1.165) is 47.7 Å². The van der Waals surface area contributed by atoms with Gasteiger partial charge in [0.25, 0.3) is 0 Å². The molecule has 32 heavy (non-hydrogen) atoms. The molecule has 1 amide bonds. The molecule has 0 fully saturated rings. The first-order valence-electron chi connectivity index (χ1n) is 11.1. The van der Waals surface area contributed by atoms with Crippen LogP contribution < -0.4 is 10.2 Å². The average molecular weight is 433 g/mol. The van der Waals surface area contributed by atoms with Crippen molar-refractivity contribution in [2.75, 3.05) is 31.7 Å². The molecule has 3 aromatic rings. The fourth-order valence-electron chi connectivity index (χ4n) is 3.48. The SMILES string of the molecule is CNC(=O)COCCCCN(c1cnc(-c2ccccc2)c(-c2ccccc2)n1)C(C)C. The van der Waals surface area contributed by atoms with Crippen LogP contribution in [-0.2, 0) is 9.53 Å². The van der Waals surface area contributed by atoms with Crippen LogP contribution in [-0.4, -0.2) is 48.7 Å². The predicted molar refractivity (Wildman–Crippen MR) is 130 cm³/mol. The van der Waals surface area contributed by atoms with Crippen LogP contribution in [0.15, 0.2) is 66.9 Å². The van der Waals surface area contributed by atoms with Gasteiger partial charge in [-0.25, -0.2) is 4.98 Å². The molecule has 6 heteroatoms. The molecular weight excluding hydrogens is 400 g/mol. The molecule has 0 atom stereocenters. The number of unbranched alkanes of at least 4 members (excludes halogenated alkanes) is 1. The number of benzene rings is 2. The van der Waals surface area contributed by atoms with Gasteiger partial charge in [-0.1, -0.05) is 60.7 Å². The first kappa shape index (κ1) is 23.4. The zero-order valence-electron chi connectivity index (χ0n) is 19.1. The fourth-order valence-corrected chi connectivity index (χ4v) is 3.48. The quantitative estimate of drug-likeness (QED) is 0.450. The predicted octanol–water partition coefficient (Wildman–Crippen LogP) is 4.57. The minimum atomic E-state index is -0.101. The van der Waals surface area contributed by atoms with Gasteiger partial charge in [-0.05, 0) is 26.7 Å². The molecule has 0 spiro atoms. The first-order valence-corrected chi connectivity index (χ1v) is 11.1. The van der Waals surface area contributed by atoms with Crippen molar-refractivity contribution >= 4 is 11.7 Å². The second-order valence-electron chi connectivity index (χ2n) is 7.88. The molecule has 6 nitrogen and oxygen atoms in total. The number of ether oxygens (including phenoxy) is 1. The van der Waals surface area contributed by atoms with Crippen molar-refractivity contribution in [1.29, 1.82) is 0 Å². The molecule has 1 N–H and O–H groups in total. The fraction of sp³-hybridized carbons (Fsp3) is 0.346. The van der Waals surface area contributed by atoms with Gasteiger partial charge in [0.15, 0.2) is 0 Å². The molecule has 3 rings (SSSR count). The Labute approximate surface area is 190 Å². The Kier molecular flexibility index (Phi) is 8.75. The van der Waals surface area contributed by atoms with Crippen LogP contribution >= 0.6 is 0 Å². The lowest BCUT2D eigenvalue weighted by Crippen LogP contribution is -2.33. The van der Waals surface area contributed by atoms with Gasteiger partial charge in [0.1, 0.15) is 12.4 Å². The van der Waals surface area contributed by atoms with Gasteiger partial charge in [0, 0.05) is 37.4 Å². The van der Waals surface area contributed by atoms with Crippen LogP contribution in [0.2, 0.25) is 0 Å². The Morgan fingerprint density at radius 1 is 0.969 bits per heavy atom. The van der Waals surface area contributed by atoms with E-state index < -0.39 is 0 Å². The summed E-state index contributed by atoms with van der Waals surface area (Å²) in [6.45, 7) is 5.84. The van der Waals surface area contributed by atoms with E-state index in [0.29, 0.717) is 6.61 Å². The number of carbonyl (C=O) groups excluding carboxylic acids is 1. The van der Waals surface area contributed by atoms with Crippen molar-refractivity contribution in [1.82, 2.24) is 15.3 Å². The summed E-state index contributed by atoms with van der Waals surface area (Å²) in [5, 5.41) is 2.56. The first-order chi connectivity index (χ1) is 15.6. The van der Waals surface area contributed by atoms with Crippen molar-refractivity contribution < 1.29 is 9.53 Å². The van der Waals surface area contributed by atoms with E-state index in [2.05, 4.69) is 48.3 Å². The Morgan fingerprint density at radius 2 is 1.59 bits per heavy atom. The lowest BCUT2D eigenvalue weighted by atomic mass is 10.0. The molecule has 0 aliphatic rings. The number of anilines is 1. The molecule has 168 valence electrons. The van der Waals surface area contributed by atoms with E-state index in [1.54, 1.807) is 7.05 Å². The smallest absolute Gasteiger partial charge is 0.245 e. The van der Waals surface area contributed by atoms with E-state index in [4.69, 9.17) is 14.7 Å². The monoisotopic (exact) mass is 432 g/mol. The highest BCUT2D eigenvalue weighted by Crippen LogP contribution is 2.30. The molecule has 1 aromatic heterocycles. The number of nitrogens with one attached hydrogen (secondary N) is 1. The van der Waals surface area contributed by atoms with E-state index in [1.165, 1.54) is 0 Å². The van der Waals surface area contributed by atoms with Gasteiger partial charge in [0.05, 0.1) is 17.6 Å². The van der Waals surface area contributed by atoms with Crippen LogP contribution in [0, 0.1) is 0 Å². The molecule has 0 aliphatic heterocycles. The standard InChI is InChI=1S/C26H32N4O2/c1-20(2)30(16-10-11-17-32-19-24(31)27-3)23-18-28-25(21-12-6-4-7-13-21)26(29-23)22-14-8-5-9-15-22/h4-9,12-15,18,20H,10-11,16-17,19H2,1-3H3,(H,27,31). The van der Waals surface area contributed by atoms with E-state index in [9.17, 15) is 4.79 Å². The number of nitrogens with zero attached hydrogens (tertiary/aromatic N) is 3. The minimum Gasteiger partial charge on any atom is -0.372 e. The molecule has 2 aromatic carbocycles. The molecule has 0 aliphatic carbocycles. The highest BCUT2D eigenvalue weighted by Gasteiger charge is 2.17.